The molecule has 5 heteroatoms. The first-order valence-electron chi connectivity index (χ1n) is 5.46. The highest BCUT2D eigenvalue weighted by Crippen LogP contribution is 2.29. The van der Waals surface area contributed by atoms with Gasteiger partial charge in [0.05, 0.1) is 6.10 Å². The van der Waals surface area contributed by atoms with Crippen LogP contribution >= 0.6 is 15.9 Å². The van der Waals surface area contributed by atoms with Crippen molar-refractivity contribution < 1.29 is 13.5 Å². The number of ether oxygens (including phenoxy) is 1. The lowest BCUT2D eigenvalue weighted by Gasteiger charge is -2.24. The molecule has 0 saturated heterocycles. The molecule has 1 aromatic carbocycles. The molecule has 0 amide bonds. The van der Waals surface area contributed by atoms with Gasteiger partial charge in [-0.05, 0) is 18.1 Å². The Hall–Kier alpha value is -0.520. The third kappa shape index (κ3) is 4.33. The Balaban J connectivity index is 2.86. The summed E-state index contributed by atoms with van der Waals surface area (Å²) >= 11 is 3.38. The van der Waals surface area contributed by atoms with E-state index in [1.807, 2.05) is 31.2 Å². The lowest BCUT2D eigenvalue weighted by molar-refractivity contribution is -0.0353. The summed E-state index contributed by atoms with van der Waals surface area (Å²) in [5.41, 5.74) is 6.72. The largest absolute Gasteiger partial charge is 0.366 e. The summed E-state index contributed by atoms with van der Waals surface area (Å²) in [6, 6.07) is 7.07. The van der Waals surface area contributed by atoms with Gasteiger partial charge >= 0.3 is 0 Å². The molecule has 0 aliphatic carbocycles. The number of alkyl halides is 2. The number of nitrogens with two attached hydrogens (primary N) is 1. The molecule has 17 heavy (non-hydrogen) atoms. The molecule has 2 N–H and O–H groups in total. The Kier molecular flexibility index (Phi) is 6.02. The molecule has 0 aromatic heterocycles. The van der Waals surface area contributed by atoms with Crippen molar-refractivity contribution in [2.24, 2.45) is 5.73 Å². The van der Waals surface area contributed by atoms with Crippen LogP contribution < -0.4 is 5.73 Å². The van der Waals surface area contributed by atoms with E-state index < -0.39 is 19.1 Å². The van der Waals surface area contributed by atoms with E-state index in [1.54, 1.807) is 0 Å². The Labute approximate surface area is 108 Å². The first-order chi connectivity index (χ1) is 8.06. The summed E-state index contributed by atoms with van der Waals surface area (Å²) in [6.07, 6.45) is -2.33. The third-order valence-corrected chi connectivity index (χ3v) is 3.20. The predicted octanol–water partition coefficient (Wildman–Crippen LogP) is 3.51. The summed E-state index contributed by atoms with van der Waals surface area (Å²) in [5, 5.41) is 0. The molecule has 2 atom stereocenters. The van der Waals surface area contributed by atoms with Crippen LogP contribution in [0.3, 0.4) is 0 Å². The van der Waals surface area contributed by atoms with E-state index in [0.717, 1.165) is 10.0 Å². The Bertz CT molecular complexity index is 349. The van der Waals surface area contributed by atoms with Gasteiger partial charge in [0.15, 0.2) is 0 Å². The van der Waals surface area contributed by atoms with Gasteiger partial charge in [0, 0.05) is 10.5 Å². The van der Waals surface area contributed by atoms with E-state index in [2.05, 4.69) is 15.9 Å². The quantitative estimate of drug-likeness (QED) is 0.873. The van der Waals surface area contributed by atoms with Crippen molar-refractivity contribution in [1.29, 1.82) is 0 Å². The normalized spacial score (nSPS) is 14.9. The van der Waals surface area contributed by atoms with Crippen molar-refractivity contribution in [3.05, 3.63) is 34.3 Å². The maximum atomic E-state index is 12.2. The van der Waals surface area contributed by atoms with Crippen LogP contribution in [0.15, 0.2) is 28.7 Å². The molecule has 0 aliphatic rings. The van der Waals surface area contributed by atoms with Gasteiger partial charge in [-0.1, -0.05) is 41.1 Å². The van der Waals surface area contributed by atoms with Crippen LogP contribution in [0.25, 0.3) is 0 Å². The van der Waals surface area contributed by atoms with Crippen LogP contribution in [0, 0.1) is 0 Å². The monoisotopic (exact) mass is 307 g/mol. The number of benzene rings is 1. The number of halogens is 3. The average molecular weight is 308 g/mol. The van der Waals surface area contributed by atoms with Gasteiger partial charge in [-0.25, -0.2) is 8.78 Å². The molecule has 0 spiro atoms. The molecular formula is C12H16BrF2NO. The maximum absolute atomic E-state index is 12.2. The molecule has 0 radical (unpaired) electrons. The second-order valence-corrected chi connectivity index (χ2v) is 4.59. The summed E-state index contributed by atoms with van der Waals surface area (Å²) < 4.78 is 30.4. The van der Waals surface area contributed by atoms with Crippen molar-refractivity contribution >= 4 is 15.9 Å². The minimum atomic E-state index is -2.48. The predicted molar refractivity (Wildman–Crippen MR) is 67.1 cm³/mol. The number of hydrogen-bond donors (Lipinski definition) is 1. The third-order valence-electron chi connectivity index (χ3n) is 2.47. The van der Waals surface area contributed by atoms with Crippen LogP contribution in [0.1, 0.15) is 25.0 Å². The fourth-order valence-corrected chi connectivity index (χ4v) is 2.05. The summed E-state index contributed by atoms with van der Waals surface area (Å²) in [7, 11) is 0. The van der Waals surface area contributed by atoms with Crippen LogP contribution in [-0.2, 0) is 4.74 Å². The second-order valence-electron chi connectivity index (χ2n) is 3.74. The van der Waals surface area contributed by atoms with E-state index in [-0.39, 0.29) is 6.04 Å². The van der Waals surface area contributed by atoms with E-state index in [1.165, 1.54) is 0 Å². The second kappa shape index (κ2) is 7.03. The number of hydrogen-bond acceptors (Lipinski definition) is 2. The molecule has 96 valence electrons. The highest BCUT2D eigenvalue weighted by molar-refractivity contribution is 9.10. The Morgan fingerprint density at radius 1 is 1.35 bits per heavy atom. The van der Waals surface area contributed by atoms with E-state index >= 15 is 0 Å². The Morgan fingerprint density at radius 3 is 2.53 bits per heavy atom. The van der Waals surface area contributed by atoms with E-state index in [9.17, 15) is 8.78 Å². The highest BCUT2D eigenvalue weighted by atomic mass is 79.9. The average Bonchev–Trinajstić information content (AvgIpc) is 2.30. The topological polar surface area (TPSA) is 35.2 Å². The fourth-order valence-electron chi connectivity index (χ4n) is 1.54. The molecule has 1 aromatic rings. The van der Waals surface area contributed by atoms with Crippen molar-refractivity contribution in [3.8, 4) is 0 Å². The van der Waals surface area contributed by atoms with Crippen molar-refractivity contribution in [3.63, 3.8) is 0 Å². The number of rotatable bonds is 6. The highest BCUT2D eigenvalue weighted by Gasteiger charge is 2.22. The van der Waals surface area contributed by atoms with Crippen molar-refractivity contribution in [2.45, 2.75) is 31.9 Å². The summed E-state index contributed by atoms with van der Waals surface area (Å²) in [4.78, 5) is 0. The van der Waals surface area contributed by atoms with Crippen LogP contribution in [-0.4, -0.2) is 19.1 Å². The molecule has 2 unspecified atom stereocenters. The molecule has 0 bridgehead atoms. The molecule has 0 fully saturated rings. The molecule has 0 heterocycles. The zero-order valence-electron chi connectivity index (χ0n) is 9.58. The lowest BCUT2D eigenvalue weighted by Crippen LogP contribution is -2.31. The molecular weight excluding hydrogens is 292 g/mol. The molecule has 1 rings (SSSR count). The van der Waals surface area contributed by atoms with Gasteiger partial charge in [0.1, 0.15) is 6.61 Å². The van der Waals surface area contributed by atoms with Gasteiger partial charge in [0.25, 0.3) is 6.43 Å². The molecule has 2 nitrogen and oxygen atoms in total. The zero-order chi connectivity index (χ0) is 12.8. The van der Waals surface area contributed by atoms with E-state index in [0.29, 0.717) is 6.42 Å². The fraction of sp³-hybridized carbons (Fsp3) is 0.500. The van der Waals surface area contributed by atoms with E-state index in [4.69, 9.17) is 10.5 Å². The van der Waals surface area contributed by atoms with Crippen LogP contribution in [0.2, 0.25) is 0 Å². The first-order valence-corrected chi connectivity index (χ1v) is 6.25. The molecule has 0 aliphatic heterocycles. The van der Waals surface area contributed by atoms with Crippen molar-refractivity contribution in [1.82, 2.24) is 0 Å². The minimum Gasteiger partial charge on any atom is -0.366 e. The van der Waals surface area contributed by atoms with Gasteiger partial charge in [-0.15, -0.1) is 0 Å². The van der Waals surface area contributed by atoms with Gasteiger partial charge < -0.3 is 10.5 Å². The van der Waals surface area contributed by atoms with Gasteiger partial charge in [-0.2, -0.15) is 0 Å². The first kappa shape index (κ1) is 14.5. The smallest absolute Gasteiger partial charge is 0.261 e. The summed E-state index contributed by atoms with van der Waals surface area (Å²) in [6.45, 7) is 1.31. The molecule has 0 saturated carbocycles. The lowest BCUT2D eigenvalue weighted by atomic mass is 10.0. The van der Waals surface area contributed by atoms with Gasteiger partial charge in [-0.3, -0.25) is 0 Å². The summed E-state index contributed by atoms with van der Waals surface area (Å²) in [5.74, 6) is 0. The van der Waals surface area contributed by atoms with Crippen LogP contribution in [0.5, 0.6) is 0 Å². The minimum absolute atomic E-state index is 0.299. The standard InChI is InChI=1S/C12H16BrF2NO/c1-2-10(16)12(17-7-11(14)15)8-5-3-4-6-9(8)13/h3-6,10-12H,2,7,16H2,1H3. The SMILES string of the molecule is CCC(N)C(OCC(F)F)c1ccccc1Br. The Morgan fingerprint density at radius 2 is 2.00 bits per heavy atom. The zero-order valence-corrected chi connectivity index (χ0v) is 11.2. The maximum Gasteiger partial charge on any atom is 0.261 e. The van der Waals surface area contributed by atoms with Crippen LogP contribution in [0.4, 0.5) is 8.78 Å². The van der Waals surface area contributed by atoms with Crippen molar-refractivity contribution in [2.75, 3.05) is 6.61 Å². The van der Waals surface area contributed by atoms with Gasteiger partial charge in [0.2, 0.25) is 0 Å².